The molecule has 0 amide bonds. The van der Waals surface area contributed by atoms with E-state index in [0.29, 0.717) is 10.2 Å². The first-order chi connectivity index (χ1) is 10.1. The van der Waals surface area contributed by atoms with Crippen molar-refractivity contribution in [3.63, 3.8) is 0 Å². The van der Waals surface area contributed by atoms with Gasteiger partial charge in [-0.1, -0.05) is 6.07 Å². The molecule has 0 aliphatic rings. The molecule has 4 nitrogen and oxygen atoms in total. The monoisotopic (exact) mass is 382 g/mol. The third-order valence-electron chi connectivity index (χ3n) is 2.83. The summed E-state index contributed by atoms with van der Waals surface area (Å²) in [6.07, 6.45) is 3.81. The summed E-state index contributed by atoms with van der Waals surface area (Å²) >= 11 is 4.42. The van der Waals surface area contributed by atoms with Crippen LogP contribution >= 0.6 is 27.3 Å². The average Bonchev–Trinajstić information content (AvgIpc) is 3.09. The molecule has 0 unspecified atom stereocenters. The fraction of sp³-hybridized carbons (Fsp3) is 0. The molecule has 0 bridgehead atoms. The second-order valence-electron chi connectivity index (χ2n) is 4.30. The average molecular weight is 383 g/mol. The first-order valence-electron chi connectivity index (χ1n) is 6.05. The molecule has 1 N–H and O–H groups in total. The molecule has 0 fully saturated rings. The van der Waals surface area contributed by atoms with E-state index in [-0.39, 0.29) is 4.21 Å². The Balaban J connectivity index is 1.92. The van der Waals surface area contributed by atoms with Crippen LogP contribution in [-0.4, -0.2) is 13.0 Å². The first-order valence-corrected chi connectivity index (χ1v) is 9.21. The van der Waals surface area contributed by atoms with Gasteiger partial charge in [0.25, 0.3) is 10.0 Å². The van der Waals surface area contributed by atoms with E-state index in [1.54, 1.807) is 23.6 Å². The Labute approximate surface area is 135 Å². The van der Waals surface area contributed by atoms with E-state index in [1.165, 1.54) is 11.3 Å². The Bertz CT molecular complexity index is 855. The molecule has 108 valence electrons. The number of anilines is 1. The number of hydrogen-bond acceptors (Lipinski definition) is 3. The number of benzene rings is 1. The molecule has 0 aliphatic carbocycles. The summed E-state index contributed by atoms with van der Waals surface area (Å²) in [7, 11) is -3.57. The number of sulfonamides is 1. The van der Waals surface area contributed by atoms with Gasteiger partial charge >= 0.3 is 0 Å². The number of hydrogen-bond donors (Lipinski definition) is 1. The zero-order valence-electron chi connectivity index (χ0n) is 10.7. The van der Waals surface area contributed by atoms with E-state index in [4.69, 9.17) is 0 Å². The maximum atomic E-state index is 12.3. The molecule has 1 aromatic carbocycles. The third kappa shape index (κ3) is 3.04. The Morgan fingerprint density at radius 2 is 1.86 bits per heavy atom. The van der Waals surface area contributed by atoms with E-state index in [2.05, 4.69) is 20.7 Å². The zero-order chi connectivity index (χ0) is 14.9. The molecule has 21 heavy (non-hydrogen) atoms. The molecule has 0 aliphatic heterocycles. The van der Waals surface area contributed by atoms with Gasteiger partial charge in [-0.15, -0.1) is 11.3 Å². The molecule has 7 heteroatoms. The van der Waals surface area contributed by atoms with Gasteiger partial charge in [-0.2, -0.15) is 0 Å². The van der Waals surface area contributed by atoms with Crippen molar-refractivity contribution in [2.45, 2.75) is 4.21 Å². The molecule has 0 radical (unpaired) electrons. The number of aromatic nitrogens is 1. The van der Waals surface area contributed by atoms with Crippen molar-refractivity contribution in [2.24, 2.45) is 0 Å². The lowest BCUT2D eigenvalue weighted by Gasteiger charge is -2.09. The van der Waals surface area contributed by atoms with Crippen molar-refractivity contribution in [3.8, 4) is 5.69 Å². The fourth-order valence-corrected chi connectivity index (χ4v) is 5.30. The summed E-state index contributed by atoms with van der Waals surface area (Å²) in [6, 6.07) is 12.8. The predicted molar refractivity (Wildman–Crippen MR) is 88.6 cm³/mol. The second-order valence-corrected chi connectivity index (χ2v) is 7.95. The summed E-state index contributed by atoms with van der Waals surface area (Å²) < 4.78 is 30.0. The molecule has 0 saturated carbocycles. The molecule has 0 saturated heterocycles. The van der Waals surface area contributed by atoms with E-state index < -0.39 is 10.0 Å². The Morgan fingerprint density at radius 3 is 2.52 bits per heavy atom. The molecule has 2 heterocycles. The van der Waals surface area contributed by atoms with Gasteiger partial charge in [0, 0.05) is 22.6 Å². The molecule has 3 aromatic rings. The predicted octanol–water partition coefficient (Wildman–Crippen LogP) is 4.10. The highest BCUT2D eigenvalue weighted by molar-refractivity contribution is 9.10. The normalized spacial score (nSPS) is 11.5. The van der Waals surface area contributed by atoms with Crippen molar-refractivity contribution in [1.29, 1.82) is 0 Å². The van der Waals surface area contributed by atoms with Crippen LogP contribution in [0.4, 0.5) is 5.69 Å². The van der Waals surface area contributed by atoms with E-state index >= 15 is 0 Å². The maximum Gasteiger partial charge on any atom is 0.272 e. The number of nitrogens with zero attached hydrogens (tertiary/aromatic N) is 1. The number of rotatable bonds is 4. The van der Waals surface area contributed by atoms with Crippen LogP contribution in [0.5, 0.6) is 0 Å². The fourth-order valence-electron chi connectivity index (χ4n) is 1.91. The Morgan fingerprint density at radius 1 is 1.10 bits per heavy atom. The molecular weight excluding hydrogens is 372 g/mol. The SMILES string of the molecule is O=S(=O)(Nc1cccc(-n2cccc2)c1)c1sccc1Br. The second kappa shape index (κ2) is 5.67. The van der Waals surface area contributed by atoms with Gasteiger partial charge < -0.3 is 4.57 Å². The Hall–Kier alpha value is -1.57. The minimum atomic E-state index is -3.57. The number of nitrogens with one attached hydrogen (secondary N) is 1. The number of halogens is 1. The lowest BCUT2D eigenvalue weighted by molar-refractivity contribution is 0.603. The van der Waals surface area contributed by atoms with Crippen LogP contribution in [0.3, 0.4) is 0 Å². The summed E-state index contributed by atoms with van der Waals surface area (Å²) in [5, 5.41) is 1.73. The zero-order valence-corrected chi connectivity index (χ0v) is 14.0. The van der Waals surface area contributed by atoms with Crippen molar-refractivity contribution in [3.05, 3.63) is 64.7 Å². The lowest BCUT2D eigenvalue weighted by atomic mass is 10.3. The van der Waals surface area contributed by atoms with E-state index in [1.807, 2.05) is 41.2 Å². The summed E-state index contributed by atoms with van der Waals surface area (Å²) in [6.45, 7) is 0. The topological polar surface area (TPSA) is 51.1 Å². The largest absolute Gasteiger partial charge is 0.324 e. The van der Waals surface area contributed by atoms with Crippen molar-refractivity contribution in [2.75, 3.05) is 4.72 Å². The van der Waals surface area contributed by atoms with E-state index in [9.17, 15) is 8.42 Å². The standard InChI is InChI=1S/C14H11BrN2O2S2/c15-13-6-9-20-14(13)21(18,19)16-11-4-3-5-12(10-11)17-7-1-2-8-17/h1-10,16H. The van der Waals surface area contributed by atoms with Crippen LogP contribution < -0.4 is 4.72 Å². The van der Waals surface area contributed by atoms with Gasteiger partial charge in [0.15, 0.2) is 4.21 Å². The van der Waals surface area contributed by atoms with Crippen LogP contribution in [-0.2, 0) is 10.0 Å². The van der Waals surface area contributed by atoms with Gasteiger partial charge in [0.1, 0.15) is 0 Å². The van der Waals surface area contributed by atoms with Crippen molar-refractivity contribution >= 4 is 43.0 Å². The van der Waals surface area contributed by atoms with Gasteiger partial charge in [0.05, 0.1) is 5.69 Å². The highest BCUT2D eigenvalue weighted by atomic mass is 79.9. The first kappa shape index (κ1) is 14.4. The van der Waals surface area contributed by atoms with Gasteiger partial charge in [0.2, 0.25) is 0 Å². The van der Waals surface area contributed by atoms with Crippen molar-refractivity contribution in [1.82, 2.24) is 4.57 Å². The summed E-state index contributed by atoms with van der Waals surface area (Å²) in [5.41, 5.74) is 1.42. The van der Waals surface area contributed by atoms with Crippen LogP contribution in [0.2, 0.25) is 0 Å². The summed E-state index contributed by atoms with van der Waals surface area (Å²) in [4.78, 5) is 0. The smallest absolute Gasteiger partial charge is 0.272 e. The van der Waals surface area contributed by atoms with Gasteiger partial charge in [-0.25, -0.2) is 8.42 Å². The van der Waals surface area contributed by atoms with Crippen LogP contribution in [0.25, 0.3) is 5.69 Å². The molecule has 3 rings (SSSR count). The van der Waals surface area contributed by atoms with Crippen LogP contribution in [0.1, 0.15) is 0 Å². The molecule has 0 atom stereocenters. The van der Waals surface area contributed by atoms with Gasteiger partial charge in [-0.3, -0.25) is 4.72 Å². The minimum Gasteiger partial charge on any atom is -0.324 e. The van der Waals surface area contributed by atoms with E-state index in [0.717, 1.165) is 5.69 Å². The Kier molecular flexibility index (Phi) is 3.88. The molecule has 0 spiro atoms. The van der Waals surface area contributed by atoms with Crippen LogP contribution in [0, 0.1) is 0 Å². The lowest BCUT2D eigenvalue weighted by Crippen LogP contribution is -2.12. The van der Waals surface area contributed by atoms with Crippen LogP contribution in [0.15, 0.2) is 68.9 Å². The molecule has 2 aromatic heterocycles. The third-order valence-corrected chi connectivity index (χ3v) is 6.88. The number of thiophene rings is 1. The maximum absolute atomic E-state index is 12.3. The highest BCUT2D eigenvalue weighted by Crippen LogP contribution is 2.29. The van der Waals surface area contributed by atoms with Crippen molar-refractivity contribution < 1.29 is 8.42 Å². The minimum absolute atomic E-state index is 0.272. The highest BCUT2D eigenvalue weighted by Gasteiger charge is 2.19. The summed E-state index contributed by atoms with van der Waals surface area (Å²) in [5.74, 6) is 0. The molecular formula is C14H11BrN2O2S2. The van der Waals surface area contributed by atoms with Gasteiger partial charge in [-0.05, 0) is 57.7 Å². The quantitative estimate of drug-likeness (QED) is 0.738.